The fourth-order valence-electron chi connectivity index (χ4n) is 2.01. The molecule has 0 saturated carbocycles. The van der Waals surface area contributed by atoms with Gasteiger partial charge in [0.2, 0.25) is 0 Å². The number of likely N-dealkylation sites (tertiary alicyclic amines) is 1. The van der Waals surface area contributed by atoms with Crippen molar-refractivity contribution in [3.8, 4) is 0 Å². The van der Waals surface area contributed by atoms with E-state index in [1.807, 2.05) is 7.05 Å². The third kappa shape index (κ3) is 3.12. The van der Waals surface area contributed by atoms with E-state index in [0.717, 1.165) is 6.54 Å². The van der Waals surface area contributed by atoms with Crippen LogP contribution in [0.2, 0.25) is 0 Å². The summed E-state index contributed by atoms with van der Waals surface area (Å²) in [4.78, 5) is 2.58. The number of hydrogen-bond acceptors (Lipinski definition) is 2. The van der Waals surface area contributed by atoms with E-state index in [4.69, 9.17) is 0 Å². The first kappa shape index (κ1) is 10.7. The quantitative estimate of drug-likeness (QED) is 0.665. The molecule has 1 aliphatic rings. The van der Waals surface area contributed by atoms with Crippen molar-refractivity contribution in [3.05, 3.63) is 12.2 Å². The lowest BCUT2D eigenvalue weighted by Crippen LogP contribution is -2.34. The zero-order valence-electron chi connectivity index (χ0n) is 9.09. The highest BCUT2D eigenvalue weighted by Gasteiger charge is 2.23. The monoisotopic (exact) mass is 182 g/mol. The van der Waals surface area contributed by atoms with Crippen LogP contribution in [-0.2, 0) is 0 Å². The van der Waals surface area contributed by atoms with Crippen molar-refractivity contribution in [1.29, 1.82) is 0 Å². The summed E-state index contributed by atoms with van der Waals surface area (Å²) in [6, 6.07) is 1.38. The number of nitrogens with zero attached hydrogens (tertiary/aromatic N) is 1. The van der Waals surface area contributed by atoms with E-state index in [-0.39, 0.29) is 0 Å². The summed E-state index contributed by atoms with van der Waals surface area (Å²) in [5.41, 5.74) is 0. The van der Waals surface area contributed by atoms with E-state index >= 15 is 0 Å². The minimum atomic E-state index is 0.687. The Labute approximate surface area is 82.0 Å². The highest BCUT2D eigenvalue weighted by atomic mass is 15.2. The summed E-state index contributed by atoms with van der Waals surface area (Å²) < 4.78 is 0. The van der Waals surface area contributed by atoms with Crippen molar-refractivity contribution in [1.82, 2.24) is 10.2 Å². The first-order chi connectivity index (χ1) is 6.25. The van der Waals surface area contributed by atoms with Gasteiger partial charge in [-0.05, 0) is 40.3 Å². The van der Waals surface area contributed by atoms with E-state index in [9.17, 15) is 0 Å². The third-order valence-corrected chi connectivity index (χ3v) is 2.69. The van der Waals surface area contributed by atoms with Gasteiger partial charge in [-0.15, -0.1) is 0 Å². The van der Waals surface area contributed by atoms with Crippen LogP contribution in [0.1, 0.15) is 26.7 Å². The molecule has 1 aliphatic heterocycles. The van der Waals surface area contributed by atoms with Gasteiger partial charge in [-0.3, -0.25) is 4.90 Å². The van der Waals surface area contributed by atoms with Crippen LogP contribution in [-0.4, -0.2) is 37.1 Å². The van der Waals surface area contributed by atoms with Crippen LogP contribution in [0.25, 0.3) is 0 Å². The summed E-state index contributed by atoms with van der Waals surface area (Å²) in [7, 11) is 1.99. The van der Waals surface area contributed by atoms with E-state index < -0.39 is 0 Å². The van der Waals surface area contributed by atoms with Gasteiger partial charge in [-0.1, -0.05) is 12.2 Å². The normalized spacial score (nSPS) is 25.1. The van der Waals surface area contributed by atoms with Gasteiger partial charge >= 0.3 is 0 Å². The Hall–Kier alpha value is -0.340. The van der Waals surface area contributed by atoms with Crippen LogP contribution in [0.15, 0.2) is 12.2 Å². The molecular weight excluding hydrogens is 160 g/mol. The smallest absolute Gasteiger partial charge is 0.0281 e. The van der Waals surface area contributed by atoms with E-state index in [1.54, 1.807) is 0 Å². The molecule has 1 unspecified atom stereocenters. The van der Waals surface area contributed by atoms with E-state index in [2.05, 4.69) is 36.2 Å². The van der Waals surface area contributed by atoms with Crippen molar-refractivity contribution in [2.75, 3.05) is 20.1 Å². The van der Waals surface area contributed by atoms with Gasteiger partial charge in [0.15, 0.2) is 0 Å². The molecule has 0 bridgehead atoms. The largest absolute Gasteiger partial charge is 0.316 e. The van der Waals surface area contributed by atoms with Gasteiger partial charge < -0.3 is 5.32 Å². The van der Waals surface area contributed by atoms with Crippen LogP contribution >= 0.6 is 0 Å². The molecule has 1 N–H and O–H groups in total. The molecule has 1 atom stereocenters. The molecule has 1 rings (SSSR count). The molecule has 0 aromatic heterocycles. The molecule has 0 radical (unpaired) electrons. The van der Waals surface area contributed by atoms with E-state index in [1.165, 1.54) is 19.4 Å². The number of likely N-dealkylation sites (N-methyl/N-ethyl adjacent to an activating group) is 1. The highest BCUT2D eigenvalue weighted by molar-refractivity contribution is 4.99. The standard InChI is InChI=1S/C11H22N2/c1-10(2)13-9-5-7-11(13)6-4-8-12-3/h4,6,10-12H,5,7-9H2,1-3H3/b6-4-. The van der Waals surface area contributed by atoms with Gasteiger partial charge in [0, 0.05) is 18.6 Å². The van der Waals surface area contributed by atoms with Gasteiger partial charge in [0.05, 0.1) is 0 Å². The molecule has 1 saturated heterocycles. The Balaban J connectivity index is 2.39. The molecule has 0 aliphatic carbocycles. The first-order valence-electron chi connectivity index (χ1n) is 5.32. The zero-order chi connectivity index (χ0) is 9.68. The summed E-state index contributed by atoms with van der Waals surface area (Å²) >= 11 is 0. The molecule has 76 valence electrons. The lowest BCUT2D eigenvalue weighted by molar-refractivity contribution is 0.234. The molecule has 0 spiro atoms. The van der Waals surface area contributed by atoms with Crippen molar-refractivity contribution in [3.63, 3.8) is 0 Å². The minimum Gasteiger partial charge on any atom is -0.316 e. The fraction of sp³-hybridized carbons (Fsp3) is 0.818. The lowest BCUT2D eigenvalue weighted by atomic mass is 10.2. The molecule has 0 amide bonds. The SMILES string of the molecule is CNC/C=C\C1CCCN1C(C)C. The first-order valence-corrected chi connectivity index (χ1v) is 5.32. The summed E-state index contributed by atoms with van der Waals surface area (Å²) in [5.74, 6) is 0. The van der Waals surface area contributed by atoms with Crippen molar-refractivity contribution in [2.24, 2.45) is 0 Å². The predicted octanol–water partition coefficient (Wildman–Crippen LogP) is 1.63. The molecule has 1 heterocycles. The topological polar surface area (TPSA) is 15.3 Å². The third-order valence-electron chi connectivity index (χ3n) is 2.69. The summed E-state index contributed by atoms with van der Waals surface area (Å²) in [5, 5.41) is 3.13. The Morgan fingerprint density at radius 3 is 2.92 bits per heavy atom. The molecule has 1 fully saturated rings. The van der Waals surface area contributed by atoms with Gasteiger partial charge in [-0.25, -0.2) is 0 Å². The molecule has 0 aromatic rings. The Morgan fingerprint density at radius 1 is 1.54 bits per heavy atom. The maximum absolute atomic E-state index is 3.13. The van der Waals surface area contributed by atoms with Gasteiger partial charge in [0.1, 0.15) is 0 Å². The van der Waals surface area contributed by atoms with E-state index in [0.29, 0.717) is 12.1 Å². The zero-order valence-corrected chi connectivity index (χ0v) is 9.09. The summed E-state index contributed by atoms with van der Waals surface area (Å²) in [6.45, 7) is 6.82. The lowest BCUT2D eigenvalue weighted by Gasteiger charge is -2.25. The number of hydrogen-bond donors (Lipinski definition) is 1. The molecule has 0 aromatic carbocycles. The van der Waals surface area contributed by atoms with Crippen molar-refractivity contribution in [2.45, 2.75) is 38.8 Å². The average Bonchev–Trinajstić information content (AvgIpc) is 2.53. The Bertz CT molecular complexity index is 163. The molecular formula is C11H22N2. The highest BCUT2D eigenvalue weighted by Crippen LogP contribution is 2.20. The summed E-state index contributed by atoms with van der Waals surface area (Å²) in [6.07, 6.45) is 7.28. The van der Waals surface area contributed by atoms with Crippen LogP contribution in [0.3, 0.4) is 0 Å². The van der Waals surface area contributed by atoms with Gasteiger partial charge in [-0.2, -0.15) is 0 Å². The van der Waals surface area contributed by atoms with Crippen LogP contribution in [0.4, 0.5) is 0 Å². The van der Waals surface area contributed by atoms with Crippen molar-refractivity contribution < 1.29 is 0 Å². The second-order valence-electron chi connectivity index (χ2n) is 4.03. The minimum absolute atomic E-state index is 0.687. The van der Waals surface area contributed by atoms with Crippen LogP contribution in [0.5, 0.6) is 0 Å². The molecule has 13 heavy (non-hydrogen) atoms. The van der Waals surface area contributed by atoms with Crippen LogP contribution in [0, 0.1) is 0 Å². The molecule has 2 heteroatoms. The number of nitrogens with one attached hydrogen (secondary N) is 1. The Kier molecular flexibility index (Phi) is 4.46. The van der Waals surface area contributed by atoms with Crippen molar-refractivity contribution >= 4 is 0 Å². The maximum Gasteiger partial charge on any atom is 0.0281 e. The predicted molar refractivity (Wildman–Crippen MR) is 57.9 cm³/mol. The second kappa shape index (κ2) is 5.40. The van der Waals surface area contributed by atoms with Crippen LogP contribution < -0.4 is 5.32 Å². The molecule has 2 nitrogen and oxygen atoms in total. The maximum atomic E-state index is 3.13. The van der Waals surface area contributed by atoms with Gasteiger partial charge in [0.25, 0.3) is 0 Å². The Morgan fingerprint density at radius 2 is 2.31 bits per heavy atom. The second-order valence-corrected chi connectivity index (χ2v) is 4.03. The number of rotatable bonds is 4. The average molecular weight is 182 g/mol. The fourth-order valence-corrected chi connectivity index (χ4v) is 2.01.